The van der Waals surface area contributed by atoms with E-state index in [0.29, 0.717) is 22.7 Å². The average Bonchev–Trinajstić information content (AvgIpc) is 3.48. The molecule has 6 aromatic carbocycles. The summed E-state index contributed by atoms with van der Waals surface area (Å²) in [6.45, 7) is 50.7. The van der Waals surface area contributed by atoms with Crippen molar-refractivity contribution in [2.24, 2.45) is 34.5 Å². The summed E-state index contributed by atoms with van der Waals surface area (Å²) < 4.78 is 0. The van der Waals surface area contributed by atoms with Crippen molar-refractivity contribution in [2.75, 3.05) is 0 Å². The standard InChI is InChI=1S/C14H14.2C9H12.C8H16.C8H10.C7H14.C7H8.C6H14.2C5H12.C4H10/c1-12(13-8-4-2-5-9-13)14-10-6-3-7-11-14;1-8(2)9-6-4-3-5-7-9;1-3-9-7-5-4-6-8(9)2;2*1-2-8-6-4-3-5-7-8;2*1-7-5-3-2-4-6-7;1-5-6(2,3)4;1-5(2,3)4;1-4-5(2)3;1-4(2)3/h2-12H,1H3;3-8H,1-2H3;4-7H,3H2,1-2H3;8H,2-7H2,1H3;3-7H,2H2,1H3;7H,2-6H2,1H3;2-6H,1H3;5H2,1-4H3;1-4H3;5H,4H2,1-3H3;4H,1-3H3. The number of aryl methyl sites for hydroxylation is 4. The van der Waals surface area contributed by atoms with E-state index < -0.39 is 0 Å². The molecular formula is C82H134. The zero-order chi connectivity index (χ0) is 62.6. The molecule has 8 rings (SSSR count). The van der Waals surface area contributed by atoms with Crippen molar-refractivity contribution in [3.63, 3.8) is 0 Å². The molecule has 0 unspecified atom stereocenters. The average molecular weight is 1120 g/mol. The van der Waals surface area contributed by atoms with E-state index in [0.717, 1.165) is 36.5 Å². The van der Waals surface area contributed by atoms with Crippen molar-refractivity contribution in [1.82, 2.24) is 0 Å². The molecule has 82 heavy (non-hydrogen) atoms. The third-order valence-electron chi connectivity index (χ3n) is 14.0. The van der Waals surface area contributed by atoms with Crippen LogP contribution >= 0.6 is 0 Å². The van der Waals surface area contributed by atoms with Gasteiger partial charge in [0.05, 0.1) is 0 Å². The lowest BCUT2D eigenvalue weighted by molar-refractivity contribution is 0.349. The van der Waals surface area contributed by atoms with Crippen LogP contribution in [0.3, 0.4) is 0 Å². The molecule has 2 fully saturated rings. The van der Waals surface area contributed by atoms with E-state index in [1.165, 1.54) is 122 Å². The van der Waals surface area contributed by atoms with Crippen molar-refractivity contribution in [1.29, 1.82) is 0 Å². The molecule has 0 nitrogen and oxygen atoms in total. The monoisotopic (exact) mass is 1120 g/mol. The van der Waals surface area contributed by atoms with Crippen LogP contribution in [0.5, 0.6) is 0 Å². The highest BCUT2D eigenvalue weighted by atomic mass is 14.2. The summed E-state index contributed by atoms with van der Waals surface area (Å²) >= 11 is 0. The van der Waals surface area contributed by atoms with Gasteiger partial charge in [0.25, 0.3) is 0 Å². The van der Waals surface area contributed by atoms with Gasteiger partial charge in [-0.3, -0.25) is 0 Å². The SMILES string of the molecule is CC(C)(C)C.CC(C)C.CC(C)c1ccccc1.CC(c1ccccc1)c1ccccc1.CC1CCCCC1.CCC(C)(C)C.CCC(C)C.CCC1CCCCC1.CCc1ccccc1.CCc1ccccc1C.Cc1ccccc1. The summed E-state index contributed by atoms with van der Waals surface area (Å²) in [6, 6.07) is 60.9. The van der Waals surface area contributed by atoms with Gasteiger partial charge in [0.1, 0.15) is 0 Å². The minimum Gasteiger partial charge on any atom is -0.0651 e. The summed E-state index contributed by atoms with van der Waals surface area (Å²) in [5, 5.41) is 0. The van der Waals surface area contributed by atoms with Gasteiger partial charge in [0.2, 0.25) is 0 Å². The molecule has 6 aromatic rings. The van der Waals surface area contributed by atoms with Crippen LogP contribution in [0.4, 0.5) is 0 Å². The highest BCUT2D eigenvalue weighted by molar-refractivity contribution is 5.31. The fraction of sp³-hybridized carbons (Fsp3) is 0.561. The van der Waals surface area contributed by atoms with E-state index in [1.807, 2.05) is 30.3 Å². The molecular weight excluding hydrogens is 985 g/mol. The smallest absolute Gasteiger partial charge is 0.00610 e. The molecule has 0 bridgehead atoms. The molecule has 0 heterocycles. The maximum atomic E-state index is 2.36. The number of hydrogen-bond donors (Lipinski definition) is 0. The van der Waals surface area contributed by atoms with Crippen molar-refractivity contribution < 1.29 is 0 Å². The van der Waals surface area contributed by atoms with Gasteiger partial charge in [0.15, 0.2) is 0 Å². The van der Waals surface area contributed by atoms with Crippen LogP contribution in [0.15, 0.2) is 176 Å². The molecule has 0 heteroatoms. The first-order valence-electron chi connectivity index (χ1n) is 33.0. The normalized spacial score (nSPS) is 12.7. The first-order chi connectivity index (χ1) is 38.7. The van der Waals surface area contributed by atoms with Crippen LogP contribution in [0.1, 0.15) is 280 Å². The summed E-state index contributed by atoms with van der Waals surface area (Å²) in [5.41, 5.74) is 10.8. The Bertz CT molecular complexity index is 2110. The van der Waals surface area contributed by atoms with E-state index >= 15 is 0 Å². The number of hydrogen-bond acceptors (Lipinski definition) is 0. The number of rotatable bonds is 7. The van der Waals surface area contributed by atoms with Crippen LogP contribution in [-0.2, 0) is 12.8 Å². The molecule has 2 aliphatic carbocycles. The molecule has 0 N–H and O–H groups in total. The fourth-order valence-electron chi connectivity index (χ4n) is 7.67. The molecule has 0 atom stereocenters. The van der Waals surface area contributed by atoms with E-state index in [4.69, 9.17) is 0 Å². The predicted molar refractivity (Wildman–Crippen MR) is 378 cm³/mol. The van der Waals surface area contributed by atoms with E-state index in [1.54, 1.807) is 0 Å². The van der Waals surface area contributed by atoms with E-state index in [9.17, 15) is 0 Å². The van der Waals surface area contributed by atoms with Crippen molar-refractivity contribution in [3.8, 4) is 0 Å². The van der Waals surface area contributed by atoms with Crippen LogP contribution in [0, 0.1) is 48.3 Å². The molecule has 462 valence electrons. The largest absolute Gasteiger partial charge is 0.0651 e. The lowest BCUT2D eigenvalue weighted by atomic mass is 9.88. The maximum absolute atomic E-state index is 2.36. The van der Waals surface area contributed by atoms with Gasteiger partial charge >= 0.3 is 0 Å². The zero-order valence-electron chi connectivity index (χ0n) is 58.3. The first-order valence-corrected chi connectivity index (χ1v) is 33.0. The van der Waals surface area contributed by atoms with Gasteiger partial charge in [-0.1, -0.05) is 410 Å². The first kappa shape index (κ1) is 81.5. The fourth-order valence-corrected chi connectivity index (χ4v) is 7.67. The van der Waals surface area contributed by atoms with E-state index in [2.05, 4.69) is 305 Å². The topological polar surface area (TPSA) is 0 Å². The molecule has 2 aliphatic rings. The second kappa shape index (κ2) is 53.1. The second-order valence-corrected chi connectivity index (χ2v) is 27.0. The number of benzene rings is 6. The third-order valence-corrected chi connectivity index (χ3v) is 14.0. The quantitative estimate of drug-likeness (QED) is 0.149. The molecule has 0 amide bonds. The maximum Gasteiger partial charge on any atom is 0.00610 e. The highest BCUT2D eigenvalue weighted by Crippen LogP contribution is 2.26. The third kappa shape index (κ3) is 57.2. The lowest BCUT2D eigenvalue weighted by Gasteiger charge is -2.18. The Morgan fingerprint density at radius 2 is 0.732 bits per heavy atom. The lowest BCUT2D eigenvalue weighted by Crippen LogP contribution is -2.03. The zero-order valence-corrected chi connectivity index (χ0v) is 58.3. The minimum atomic E-state index is 0.484. The molecule has 0 radical (unpaired) electrons. The van der Waals surface area contributed by atoms with Crippen LogP contribution in [-0.4, -0.2) is 0 Å². The molecule has 0 aromatic heterocycles. The molecule has 2 saturated carbocycles. The Kier molecular flexibility index (Phi) is 52.8. The Labute approximate surface area is 514 Å². The summed E-state index contributed by atoms with van der Waals surface area (Å²) in [5.74, 6) is 4.98. The van der Waals surface area contributed by atoms with Crippen LogP contribution < -0.4 is 0 Å². The van der Waals surface area contributed by atoms with Gasteiger partial charge < -0.3 is 0 Å². The Morgan fingerprint density at radius 3 is 0.939 bits per heavy atom. The summed E-state index contributed by atoms with van der Waals surface area (Å²) in [4.78, 5) is 0. The van der Waals surface area contributed by atoms with Gasteiger partial charge in [-0.15, -0.1) is 0 Å². The molecule has 0 saturated heterocycles. The highest BCUT2D eigenvalue weighted by Gasteiger charge is 2.10. The van der Waals surface area contributed by atoms with Crippen molar-refractivity contribution >= 4 is 0 Å². The minimum absolute atomic E-state index is 0.484. The van der Waals surface area contributed by atoms with Crippen LogP contribution in [0.2, 0.25) is 0 Å². The summed E-state index contributed by atoms with van der Waals surface area (Å²) in [7, 11) is 0. The van der Waals surface area contributed by atoms with Gasteiger partial charge in [0, 0.05) is 5.92 Å². The Morgan fingerprint density at radius 1 is 0.415 bits per heavy atom. The van der Waals surface area contributed by atoms with Crippen molar-refractivity contribution in [3.05, 3.63) is 215 Å². The second-order valence-electron chi connectivity index (χ2n) is 27.0. The summed E-state index contributed by atoms with van der Waals surface area (Å²) in [6.07, 6.45) is 21.2. The van der Waals surface area contributed by atoms with Gasteiger partial charge in [-0.2, -0.15) is 0 Å². The van der Waals surface area contributed by atoms with Gasteiger partial charge in [-0.25, -0.2) is 0 Å². The Balaban J connectivity index is -0.000000852. The van der Waals surface area contributed by atoms with E-state index in [-0.39, 0.29) is 0 Å². The predicted octanol–water partition coefficient (Wildman–Crippen LogP) is 27.2. The van der Waals surface area contributed by atoms with Crippen molar-refractivity contribution in [2.45, 2.75) is 267 Å². The Hall–Kier alpha value is -4.68. The van der Waals surface area contributed by atoms with Gasteiger partial charge in [-0.05, 0) is 100 Å². The van der Waals surface area contributed by atoms with Crippen LogP contribution in [0.25, 0.3) is 0 Å². The molecule has 0 spiro atoms. The molecule has 0 aliphatic heterocycles.